The summed E-state index contributed by atoms with van der Waals surface area (Å²) in [6, 6.07) is 14.3. The average Bonchev–Trinajstić information content (AvgIpc) is 3.16. The molecule has 0 atom stereocenters. The second kappa shape index (κ2) is 8.02. The molecule has 7 heteroatoms. The van der Waals surface area contributed by atoms with Crippen LogP contribution in [0.2, 0.25) is 0 Å². The minimum absolute atomic E-state index is 0.0388. The van der Waals surface area contributed by atoms with Crippen molar-refractivity contribution >= 4 is 32.2 Å². The predicted molar refractivity (Wildman–Crippen MR) is 109 cm³/mol. The van der Waals surface area contributed by atoms with Gasteiger partial charge in [-0.25, -0.2) is 13.4 Å². The Kier molecular flexibility index (Phi) is 5.72. The summed E-state index contributed by atoms with van der Waals surface area (Å²) in [5.41, 5.74) is 3.12. The van der Waals surface area contributed by atoms with Crippen LogP contribution in [0, 0.1) is 0 Å². The van der Waals surface area contributed by atoms with E-state index < -0.39 is 15.7 Å². The van der Waals surface area contributed by atoms with Crippen molar-refractivity contribution < 1.29 is 13.2 Å². The van der Waals surface area contributed by atoms with Gasteiger partial charge in [0.15, 0.2) is 15.0 Å². The Balaban J connectivity index is 1.83. The van der Waals surface area contributed by atoms with E-state index in [1.165, 1.54) is 29.0 Å². The minimum atomic E-state index is -3.49. The number of rotatable bonds is 6. The minimum Gasteiger partial charge on any atom is -0.298 e. The van der Waals surface area contributed by atoms with Crippen LogP contribution in [0.5, 0.6) is 0 Å². The molecule has 0 saturated carbocycles. The van der Waals surface area contributed by atoms with Gasteiger partial charge in [-0.05, 0) is 24.1 Å². The molecule has 140 valence electrons. The molecule has 1 heterocycles. The monoisotopic (exact) mass is 400 g/mol. The van der Waals surface area contributed by atoms with Crippen molar-refractivity contribution in [2.24, 2.45) is 0 Å². The molecule has 0 spiro atoms. The van der Waals surface area contributed by atoms with Gasteiger partial charge in [-0.15, -0.1) is 11.3 Å². The highest BCUT2D eigenvalue weighted by molar-refractivity contribution is 7.91. The van der Waals surface area contributed by atoms with Crippen molar-refractivity contribution in [1.29, 1.82) is 0 Å². The maximum absolute atomic E-state index is 12.6. The predicted octanol–water partition coefficient (Wildman–Crippen LogP) is 4.42. The number of aromatic nitrogens is 1. The van der Waals surface area contributed by atoms with E-state index in [0.717, 1.165) is 17.7 Å². The molecule has 0 bridgehead atoms. The molecule has 1 aromatic heterocycles. The van der Waals surface area contributed by atoms with E-state index in [1.807, 2.05) is 17.5 Å². The number of nitrogens with zero attached hydrogens (tertiary/aromatic N) is 1. The molecule has 0 aliphatic carbocycles. The number of thiazole rings is 1. The third kappa shape index (κ3) is 4.26. The Morgan fingerprint density at radius 1 is 1.07 bits per heavy atom. The Morgan fingerprint density at radius 3 is 2.44 bits per heavy atom. The second-order valence-electron chi connectivity index (χ2n) is 5.94. The molecule has 3 rings (SSSR count). The van der Waals surface area contributed by atoms with E-state index in [9.17, 15) is 13.2 Å². The zero-order chi connectivity index (χ0) is 19.4. The number of sulfone groups is 1. The standard InChI is InChI=1S/C20H20N2O3S2/c1-3-14-9-11-15(12-10-14)17-13-26-20(21-17)22-19(23)16-7-5-6-8-18(16)27(24,25)4-2/h5-13H,3-4H2,1-2H3,(H,21,22,23). The fraction of sp³-hybridized carbons (Fsp3) is 0.200. The van der Waals surface area contributed by atoms with E-state index in [1.54, 1.807) is 19.1 Å². The van der Waals surface area contributed by atoms with Crippen LogP contribution in [0.3, 0.4) is 0 Å². The zero-order valence-electron chi connectivity index (χ0n) is 15.1. The number of hydrogen-bond donors (Lipinski definition) is 1. The van der Waals surface area contributed by atoms with Crippen LogP contribution >= 0.6 is 11.3 Å². The molecule has 3 aromatic rings. The van der Waals surface area contributed by atoms with Gasteiger partial charge in [0.1, 0.15) is 0 Å². The first kappa shape index (κ1) is 19.3. The number of amides is 1. The van der Waals surface area contributed by atoms with Crippen LogP contribution in [0.1, 0.15) is 29.8 Å². The average molecular weight is 401 g/mol. The Morgan fingerprint density at radius 2 is 1.78 bits per heavy atom. The Labute approximate surface area is 163 Å². The van der Waals surface area contributed by atoms with Crippen LogP contribution in [-0.4, -0.2) is 25.1 Å². The fourth-order valence-corrected chi connectivity index (χ4v) is 4.43. The highest BCUT2D eigenvalue weighted by Gasteiger charge is 2.21. The fourth-order valence-electron chi connectivity index (χ4n) is 2.62. The van der Waals surface area contributed by atoms with Gasteiger partial charge >= 0.3 is 0 Å². The smallest absolute Gasteiger partial charge is 0.258 e. The van der Waals surface area contributed by atoms with Gasteiger partial charge in [0.05, 0.1) is 21.9 Å². The van der Waals surface area contributed by atoms with Crippen molar-refractivity contribution in [3.63, 3.8) is 0 Å². The first-order valence-corrected chi connectivity index (χ1v) is 11.2. The van der Waals surface area contributed by atoms with Gasteiger partial charge in [0.2, 0.25) is 0 Å². The third-order valence-corrected chi connectivity index (χ3v) is 6.77. The summed E-state index contributed by atoms with van der Waals surface area (Å²) < 4.78 is 24.5. The molecule has 0 fully saturated rings. The third-order valence-electron chi connectivity index (χ3n) is 4.23. The Hall–Kier alpha value is -2.51. The van der Waals surface area contributed by atoms with Crippen LogP contribution in [0.15, 0.2) is 58.8 Å². The van der Waals surface area contributed by atoms with Crippen molar-refractivity contribution in [2.45, 2.75) is 25.2 Å². The normalized spacial score (nSPS) is 11.3. The van der Waals surface area contributed by atoms with Crippen molar-refractivity contribution in [1.82, 2.24) is 4.98 Å². The number of benzene rings is 2. The van der Waals surface area contributed by atoms with Gasteiger partial charge in [-0.2, -0.15) is 0 Å². The highest BCUT2D eigenvalue weighted by Crippen LogP contribution is 2.26. The van der Waals surface area contributed by atoms with Crippen LogP contribution in [0.25, 0.3) is 11.3 Å². The molecule has 2 aromatic carbocycles. The number of hydrogen-bond acceptors (Lipinski definition) is 5. The van der Waals surface area contributed by atoms with Gasteiger partial charge in [-0.3, -0.25) is 10.1 Å². The number of anilines is 1. The van der Waals surface area contributed by atoms with Gasteiger partial charge in [-0.1, -0.05) is 50.2 Å². The van der Waals surface area contributed by atoms with Crippen LogP contribution < -0.4 is 5.32 Å². The molecular formula is C20H20N2O3S2. The molecule has 0 aliphatic heterocycles. The quantitative estimate of drug-likeness (QED) is 0.665. The van der Waals surface area contributed by atoms with Crippen molar-refractivity contribution in [2.75, 3.05) is 11.1 Å². The van der Waals surface area contributed by atoms with Gasteiger partial charge in [0, 0.05) is 10.9 Å². The molecule has 0 radical (unpaired) electrons. The first-order valence-electron chi connectivity index (χ1n) is 8.62. The highest BCUT2D eigenvalue weighted by atomic mass is 32.2. The first-order chi connectivity index (χ1) is 12.9. The summed E-state index contributed by atoms with van der Waals surface area (Å²) in [6.45, 7) is 3.66. The summed E-state index contributed by atoms with van der Waals surface area (Å²) in [7, 11) is -3.49. The lowest BCUT2D eigenvalue weighted by Gasteiger charge is -2.08. The molecule has 0 saturated heterocycles. The van der Waals surface area contributed by atoms with Crippen LogP contribution in [-0.2, 0) is 16.3 Å². The SMILES string of the molecule is CCc1ccc(-c2csc(NC(=O)c3ccccc3S(=O)(=O)CC)n2)cc1. The van der Waals surface area contributed by atoms with Crippen LogP contribution in [0.4, 0.5) is 5.13 Å². The van der Waals surface area contributed by atoms with Gasteiger partial charge < -0.3 is 0 Å². The lowest BCUT2D eigenvalue weighted by Crippen LogP contribution is -2.17. The number of carbonyl (C=O) groups is 1. The summed E-state index contributed by atoms with van der Waals surface area (Å²) in [6.07, 6.45) is 0.971. The number of aryl methyl sites for hydroxylation is 1. The summed E-state index contributed by atoms with van der Waals surface area (Å²) >= 11 is 1.30. The maximum Gasteiger partial charge on any atom is 0.258 e. The number of nitrogens with one attached hydrogen (secondary N) is 1. The molecule has 1 N–H and O–H groups in total. The Bertz CT molecular complexity index is 1050. The molecular weight excluding hydrogens is 380 g/mol. The lowest BCUT2D eigenvalue weighted by molar-refractivity contribution is 0.102. The van der Waals surface area contributed by atoms with E-state index >= 15 is 0 Å². The second-order valence-corrected chi connectivity index (χ2v) is 9.05. The van der Waals surface area contributed by atoms with Gasteiger partial charge in [0.25, 0.3) is 5.91 Å². The maximum atomic E-state index is 12.6. The lowest BCUT2D eigenvalue weighted by atomic mass is 10.1. The molecule has 5 nitrogen and oxygen atoms in total. The molecule has 0 aliphatic rings. The molecule has 27 heavy (non-hydrogen) atoms. The molecule has 1 amide bonds. The topological polar surface area (TPSA) is 76.1 Å². The largest absolute Gasteiger partial charge is 0.298 e. The zero-order valence-corrected chi connectivity index (χ0v) is 16.7. The summed E-state index contributed by atoms with van der Waals surface area (Å²) in [5.74, 6) is -0.545. The summed E-state index contributed by atoms with van der Waals surface area (Å²) in [5, 5.41) is 5.01. The van der Waals surface area contributed by atoms with E-state index in [2.05, 4.69) is 29.4 Å². The van der Waals surface area contributed by atoms with Crippen molar-refractivity contribution in [3.05, 3.63) is 65.0 Å². The van der Waals surface area contributed by atoms with E-state index in [4.69, 9.17) is 0 Å². The summed E-state index contributed by atoms with van der Waals surface area (Å²) in [4.78, 5) is 17.1. The van der Waals surface area contributed by atoms with E-state index in [-0.39, 0.29) is 16.2 Å². The molecule has 0 unspecified atom stereocenters. The van der Waals surface area contributed by atoms with E-state index in [0.29, 0.717) is 5.13 Å². The number of carbonyl (C=O) groups excluding carboxylic acids is 1. The van der Waals surface area contributed by atoms with Crippen molar-refractivity contribution in [3.8, 4) is 11.3 Å².